The van der Waals surface area contributed by atoms with Crippen LogP contribution < -0.4 is 11.5 Å². The lowest BCUT2D eigenvalue weighted by molar-refractivity contribution is 0.100. The third kappa shape index (κ3) is 3.08. The second-order valence-corrected chi connectivity index (χ2v) is 5.31. The number of nitrogens with zero attached hydrogens (tertiary/aromatic N) is 2. The van der Waals surface area contributed by atoms with Gasteiger partial charge in [-0.1, -0.05) is 6.07 Å². The number of rotatable bonds is 4. The number of benzene rings is 1. The van der Waals surface area contributed by atoms with E-state index in [1.54, 1.807) is 23.9 Å². The Balaban J connectivity index is 2.12. The Labute approximate surface area is 116 Å². The van der Waals surface area contributed by atoms with Crippen molar-refractivity contribution < 1.29 is 4.79 Å². The quantitative estimate of drug-likeness (QED) is 0.657. The van der Waals surface area contributed by atoms with Crippen molar-refractivity contribution in [3.8, 4) is 0 Å². The number of carbonyl (C=O) groups excluding carboxylic acids is 1. The zero-order chi connectivity index (χ0) is 14.0. The topological polar surface area (TPSA) is 86.9 Å². The number of primary amides is 1. The number of hydrogen-bond acceptors (Lipinski definition) is 4. The first kappa shape index (κ1) is 13.5. The van der Waals surface area contributed by atoms with Gasteiger partial charge in [0.15, 0.2) is 0 Å². The Hall–Kier alpha value is -1.95. The largest absolute Gasteiger partial charge is 0.398 e. The Morgan fingerprint density at radius 1 is 1.42 bits per heavy atom. The summed E-state index contributed by atoms with van der Waals surface area (Å²) in [5.74, 6) is 0.261. The predicted octanol–water partition coefficient (Wildman–Crippen LogP) is 1.70. The van der Waals surface area contributed by atoms with Crippen LogP contribution in [0.3, 0.4) is 0 Å². The highest BCUT2D eigenvalue weighted by atomic mass is 32.2. The van der Waals surface area contributed by atoms with Gasteiger partial charge in [0.1, 0.15) is 0 Å². The Morgan fingerprint density at radius 2 is 2.16 bits per heavy atom. The van der Waals surface area contributed by atoms with Gasteiger partial charge in [0.2, 0.25) is 5.91 Å². The van der Waals surface area contributed by atoms with Crippen LogP contribution in [0.5, 0.6) is 0 Å². The molecule has 0 bridgehead atoms. The molecule has 19 heavy (non-hydrogen) atoms. The monoisotopic (exact) mass is 276 g/mol. The van der Waals surface area contributed by atoms with Crippen LogP contribution in [0.1, 0.15) is 21.6 Å². The van der Waals surface area contributed by atoms with Crippen LogP contribution in [0.2, 0.25) is 0 Å². The number of aryl methyl sites for hydroxylation is 2. The highest BCUT2D eigenvalue weighted by molar-refractivity contribution is 7.98. The fraction of sp³-hybridized carbons (Fsp3) is 0.231. The van der Waals surface area contributed by atoms with E-state index in [1.807, 2.05) is 30.8 Å². The van der Waals surface area contributed by atoms with Gasteiger partial charge in [0.05, 0.1) is 10.7 Å². The van der Waals surface area contributed by atoms with E-state index < -0.39 is 5.91 Å². The number of thioether (sulfide) groups is 1. The van der Waals surface area contributed by atoms with E-state index >= 15 is 0 Å². The summed E-state index contributed by atoms with van der Waals surface area (Å²) in [4.78, 5) is 11.0. The average Bonchev–Trinajstić information content (AvgIpc) is 2.66. The van der Waals surface area contributed by atoms with E-state index in [-0.39, 0.29) is 0 Å². The first-order chi connectivity index (χ1) is 8.97. The molecule has 0 aliphatic heterocycles. The lowest BCUT2D eigenvalue weighted by atomic mass is 10.1. The minimum absolute atomic E-state index is 0.433. The van der Waals surface area contributed by atoms with Gasteiger partial charge in [-0.2, -0.15) is 5.10 Å². The van der Waals surface area contributed by atoms with E-state index in [0.717, 1.165) is 22.0 Å². The summed E-state index contributed by atoms with van der Waals surface area (Å²) in [5, 5.41) is 5.37. The SMILES string of the molecule is Cc1cc(SCc2ccc(C(N)=O)cc2N)n(C)n1. The van der Waals surface area contributed by atoms with Crippen LogP contribution in [-0.2, 0) is 12.8 Å². The van der Waals surface area contributed by atoms with Crippen LogP contribution >= 0.6 is 11.8 Å². The first-order valence-corrected chi connectivity index (χ1v) is 6.77. The maximum atomic E-state index is 11.0. The molecular weight excluding hydrogens is 260 g/mol. The molecule has 0 aliphatic rings. The van der Waals surface area contributed by atoms with Crippen molar-refractivity contribution in [2.75, 3.05) is 5.73 Å². The number of aromatic nitrogens is 2. The molecule has 100 valence electrons. The van der Waals surface area contributed by atoms with Crippen LogP contribution in [0, 0.1) is 6.92 Å². The zero-order valence-corrected chi connectivity index (χ0v) is 11.7. The van der Waals surface area contributed by atoms with Gasteiger partial charge in [-0.3, -0.25) is 9.48 Å². The minimum atomic E-state index is -0.465. The molecule has 1 amide bonds. The molecule has 2 rings (SSSR count). The molecule has 0 saturated carbocycles. The molecular formula is C13H16N4OS. The van der Waals surface area contributed by atoms with E-state index in [4.69, 9.17) is 11.5 Å². The van der Waals surface area contributed by atoms with E-state index in [1.165, 1.54) is 0 Å². The van der Waals surface area contributed by atoms with Crippen molar-refractivity contribution in [1.82, 2.24) is 9.78 Å². The smallest absolute Gasteiger partial charge is 0.248 e. The molecule has 5 nitrogen and oxygen atoms in total. The number of hydrogen-bond donors (Lipinski definition) is 2. The van der Waals surface area contributed by atoms with E-state index in [2.05, 4.69) is 5.10 Å². The van der Waals surface area contributed by atoms with Crippen molar-refractivity contribution in [3.05, 3.63) is 41.1 Å². The summed E-state index contributed by atoms with van der Waals surface area (Å²) >= 11 is 1.65. The van der Waals surface area contributed by atoms with Crippen LogP contribution in [0.4, 0.5) is 5.69 Å². The molecule has 0 aliphatic carbocycles. The molecule has 0 unspecified atom stereocenters. The molecule has 0 spiro atoms. The summed E-state index contributed by atoms with van der Waals surface area (Å²) in [6, 6.07) is 7.18. The third-order valence-corrected chi connectivity index (χ3v) is 3.90. The Kier molecular flexibility index (Phi) is 3.80. The van der Waals surface area contributed by atoms with Gasteiger partial charge < -0.3 is 11.5 Å². The lowest BCUT2D eigenvalue weighted by Gasteiger charge is -2.07. The number of nitrogen functional groups attached to an aromatic ring is 1. The van der Waals surface area contributed by atoms with E-state index in [0.29, 0.717) is 11.3 Å². The van der Waals surface area contributed by atoms with Gasteiger partial charge in [0, 0.05) is 24.1 Å². The van der Waals surface area contributed by atoms with Crippen molar-refractivity contribution >= 4 is 23.4 Å². The standard InChI is InChI=1S/C13H16N4OS/c1-8-5-12(17(2)16-8)19-7-10-4-3-9(13(15)18)6-11(10)14/h3-6H,7,14H2,1-2H3,(H2,15,18). The highest BCUT2D eigenvalue weighted by Gasteiger charge is 2.07. The fourth-order valence-corrected chi connectivity index (χ4v) is 2.80. The summed E-state index contributed by atoms with van der Waals surface area (Å²) in [5.41, 5.74) is 14.1. The van der Waals surface area contributed by atoms with Crippen LogP contribution in [0.15, 0.2) is 29.3 Å². The maximum absolute atomic E-state index is 11.0. The molecule has 0 fully saturated rings. The first-order valence-electron chi connectivity index (χ1n) is 5.79. The molecule has 0 saturated heterocycles. The van der Waals surface area contributed by atoms with Gasteiger partial charge in [-0.25, -0.2) is 0 Å². The van der Waals surface area contributed by atoms with Crippen molar-refractivity contribution in [1.29, 1.82) is 0 Å². The normalized spacial score (nSPS) is 10.6. The van der Waals surface area contributed by atoms with Crippen LogP contribution in [0.25, 0.3) is 0 Å². The number of anilines is 1. The lowest BCUT2D eigenvalue weighted by Crippen LogP contribution is -2.11. The number of amides is 1. The summed E-state index contributed by atoms with van der Waals surface area (Å²) in [6.07, 6.45) is 0. The van der Waals surface area contributed by atoms with Crippen LogP contribution in [-0.4, -0.2) is 15.7 Å². The van der Waals surface area contributed by atoms with Crippen molar-refractivity contribution in [2.24, 2.45) is 12.8 Å². The molecule has 1 aromatic heterocycles. The van der Waals surface area contributed by atoms with Gasteiger partial charge in [-0.05, 0) is 30.7 Å². The molecule has 1 heterocycles. The predicted molar refractivity (Wildman–Crippen MR) is 76.9 cm³/mol. The summed E-state index contributed by atoms with van der Waals surface area (Å²) in [7, 11) is 1.91. The second-order valence-electron chi connectivity index (χ2n) is 4.31. The maximum Gasteiger partial charge on any atom is 0.248 e. The van der Waals surface area contributed by atoms with Gasteiger partial charge in [0.25, 0.3) is 0 Å². The molecule has 4 N–H and O–H groups in total. The molecule has 6 heteroatoms. The summed E-state index contributed by atoms with van der Waals surface area (Å²) < 4.78 is 1.84. The average molecular weight is 276 g/mol. The molecule has 0 atom stereocenters. The third-order valence-electron chi connectivity index (χ3n) is 2.76. The number of nitrogens with two attached hydrogens (primary N) is 2. The van der Waals surface area contributed by atoms with Crippen molar-refractivity contribution in [2.45, 2.75) is 17.7 Å². The van der Waals surface area contributed by atoms with E-state index in [9.17, 15) is 4.79 Å². The summed E-state index contributed by atoms with van der Waals surface area (Å²) in [6.45, 7) is 1.96. The molecule has 0 radical (unpaired) electrons. The Morgan fingerprint density at radius 3 is 2.68 bits per heavy atom. The van der Waals surface area contributed by atoms with Gasteiger partial charge >= 0.3 is 0 Å². The van der Waals surface area contributed by atoms with Gasteiger partial charge in [-0.15, -0.1) is 11.8 Å². The second kappa shape index (κ2) is 5.36. The number of carbonyl (C=O) groups is 1. The molecule has 2 aromatic rings. The fourth-order valence-electron chi connectivity index (χ4n) is 1.75. The minimum Gasteiger partial charge on any atom is -0.398 e. The Bertz CT molecular complexity index is 621. The van der Waals surface area contributed by atoms with Crippen molar-refractivity contribution in [3.63, 3.8) is 0 Å². The molecule has 1 aromatic carbocycles. The highest BCUT2D eigenvalue weighted by Crippen LogP contribution is 2.26. The zero-order valence-electron chi connectivity index (χ0n) is 10.9.